The molecule has 0 saturated heterocycles. The van der Waals surface area contributed by atoms with E-state index in [1.165, 1.54) is 11.1 Å². The topological polar surface area (TPSA) is 40.5 Å². The summed E-state index contributed by atoms with van der Waals surface area (Å²) in [6.45, 7) is 8.81. The molecule has 0 aliphatic rings. The van der Waals surface area contributed by atoms with Crippen LogP contribution >= 0.6 is 0 Å². The third-order valence-electron chi connectivity index (χ3n) is 5.98. The van der Waals surface area contributed by atoms with E-state index in [4.69, 9.17) is 5.11 Å². The molecule has 0 bridgehead atoms. The maximum atomic E-state index is 12.2. The molecule has 2 rings (SSSR count). The fourth-order valence-electron chi connectivity index (χ4n) is 3.90. The molecule has 0 atom stereocenters. The molecule has 0 saturated carbocycles. The van der Waals surface area contributed by atoms with Gasteiger partial charge in [0.1, 0.15) is 0 Å². The largest absolute Gasteiger partial charge is 0.424 e. The van der Waals surface area contributed by atoms with Gasteiger partial charge in [-0.1, -0.05) is 97.8 Å². The number of hydrogen-bond acceptors (Lipinski definition) is 2. The summed E-state index contributed by atoms with van der Waals surface area (Å²) in [4.78, 5) is 12.2. The summed E-state index contributed by atoms with van der Waals surface area (Å²) in [7, 11) is -2.92. The number of aliphatic hydroxyl groups is 1. The van der Waals surface area contributed by atoms with Crippen molar-refractivity contribution < 1.29 is 9.90 Å². The minimum absolute atomic E-state index is 0.116. The smallest absolute Gasteiger partial charge is 0.258 e. The summed E-state index contributed by atoms with van der Waals surface area (Å²) < 4.78 is 0. The zero-order valence-electron chi connectivity index (χ0n) is 18.4. The van der Waals surface area contributed by atoms with Gasteiger partial charge < -0.3 is 9.90 Å². The lowest BCUT2D eigenvalue weighted by atomic mass is 10.0. The van der Waals surface area contributed by atoms with Gasteiger partial charge in [0.2, 0.25) is 0 Å². The van der Waals surface area contributed by atoms with E-state index in [0.29, 0.717) is 0 Å². The third kappa shape index (κ3) is 6.02. The summed E-state index contributed by atoms with van der Waals surface area (Å²) in [6, 6.07) is 20.5. The highest BCUT2D eigenvalue weighted by Crippen LogP contribution is 2.40. The van der Waals surface area contributed by atoms with Gasteiger partial charge in [-0.15, -0.1) is 0 Å². The highest BCUT2D eigenvalue weighted by atomic mass is 28.4. The van der Waals surface area contributed by atoms with Crippen LogP contribution in [0.4, 0.5) is 0 Å². The Bertz CT molecular complexity index is 768. The summed E-state index contributed by atoms with van der Waals surface area (Å²) in [5, 5.41) is 10.9. The molecule has 0 aliphatic carbocycles. The van der Waals surface area contributed by atoms with Crippen LogP contribution in [0.5, 0.6) is 0 Å². The van der Waals surface area contributed by atoms with Crippen LogP contribution < -0.4 is 10.4 Å². The van der Waals surface area contributed by atoms with Crippen LogP contribution in [-0.4, -0.2) is 24.8 Å². The molecule has 0 radical (unpaired) electrons. The summed E-state index contributed by atoms with van der Waals surface area (Å²) in [6.07, 6.45) is 8.06. The number of benzene rings is 2. The first kappa shape index (κ1) is 23.3. The van der Waals surface area contributed by atoms with Crippen molar-refractivity contribution in [1.29, 1.82) is 0 Å². The van der Waals surface area contributed by atoms with Gasteiger partial charge in [-0.25, -0.2) is 0 Å². The van der Waals surface area contributed by atoms with Crippen LogP contribution in [0.25, 0.3) is 0 Å². The highest BCUT2D eigenvalue weighted by molar-refractivity contribution is 6.98. The van der Waals surface area contributed by atoms with Gasteiger partial charge in [-0.05, 0) is 54.9 Å². The van der Waals surface area contributed by atoms with Crippen molar-refractivity contribution in [2.24, 2.45) is 0 Å². The summed E-state index contributed by atoms with van der Waals surface area (Å²) in [5.41, 5.74) is 2.60. The molecule has 2 N–H and O–H groups in total. The standard InChI is InChI=1S/C26H36O2Si/c1-22(12-11-13-23(2)19-21-27)18-20-26(3,4)29(28,24-14-7-5-8-15-24)25-16-9-6-10-17-25/h5-10,12,14-17,19,27-28H,11,13,18,20-21H2,1-4H3/b22-12+,23-19+. The number of hydrogen-bond donors (Lipinski definition) is 2. The van der Waals surface area contributed by atoms with E-state index >= 15 is 0 Å². The van der Waals surface area contributed by atoms with Crippen molar-refractivity contribution >= 4 is 18.7 Å². The van der Waals surface area contributed by atoms with Crippen molar-refractivity contribution in [2.75, 3.05) is 6.61 Å². The van der Waals surface area contributed by atoms with Crippen LogP contribution in [0.2, 0.25) is 5.04 Å². The maximum absolute atomic E-state index is 12.2. The first-order chi connectivity index (χ1) is 13.8. The lowest BCUT2D eigenvalue weighted by Gasteiger charge is -2.41. The Kier molecular flexibility index (Phi) is 8.63. The molecule has 0 heterocycles. The fourth-order valence-corrected chi connectivity index (χ4v) is 7.64. The van der Waals surface area contributed by atoms with Crippen molar-refractivity contribution in [3.8, 4) is 0 Å². The quantitative estimate of drug-likeness (QED) is 0.431. The Morgan fingerprint density at radius 2 is 1.31 bits per heavy atom. The maximum Gasteiger partial charge on any atom is 0.258 e. The minimum Gasteiger partial charge on any atom is -0.424 e. The second kappa shape index (κ2) is 10.7. The Morgan fingerprint density at radius 1 is 0.828 bits per heavy atom. The van der Waals surface area contributed by atoms with Gasteiger partial charge in [0, 0.05) is 0 Å². The van der Waals surface area contributed by atoms with E-state index in [9.17, 15) is 4.80 Å². The van der Waals surface area contributed by atoms with Crippen molar-refractivity contribution in [3.05, 3.63) is 84.0 Å². The van der Waals surface area contributed by atoms with Crippen molar-refractivity contribution in [3.63, 3.8) is 0 Å². The zero-order chi connectivity index (χ0) is 21.3. The van der Waals surface area contributed by atoms with Crippen LogP contribution in [0.3, 0.4) is 0 Å². The van der Waals surface area contributed by atoms with Crippen LogP contribution in [0.15, 0.2) is 84.0 Å². The van der Waals surface area contributed by atoms with Gasteiger partial charge in [-0.2, -0.15) is 0 Å². The van der Waals surface area contributed by atoms with Gasteiger partial charge >= 0.3 is 0 Å². The Morgan fingerprint density at radius 3 is 1.79 bits per heavy atom. The molecule has 0 unspecified atom stereocenters. The van der Waals surface area contributed by atoms with Crippen molar-refractivity contribution in [1.82, 2.24) is 0 Å². The second-order valence-corrected chi connectivity index (χ2v) is 12.6. The Hall–Kier alpha value is -1.94. The predicted molar refractivity (Wildman–Crippen MR) is 127 cm³/mol. The molecule has 2 aromatic rings. The molecule has 29 heavy (non-hydrogen) atoms. The molecule has 0 spiro atoms. The zero-order valence-corrected chi connectivity index (χ0v) is 19.4. The molecule has 156 valence electrons. The average Bonchev–Trinajstić information content (AvgIpc) is 2.73. The van der Waals surface area contributed by atoms with Gasteiger partial charge in [0.25, 0.3) is 8.32 Å². The van der Waals surface area contributed by atoms with Crippen LogP contribution in [-0.2, 0) is 0 Å². The molecular weight excluding hydrogens is 372 g/mol. The van der Waals surface area contributed by atoms with Crippen LogP contribution in [0, 0.1) is 0 Å². The average molecular weight is 409 g/mol. The van der Waals surface area contributed by atoms with Gasteiger partial charge in [0.05, 0.1) is 6.61 Å². The molecule has 2 aromatic carbocycles. The summed E-state index contributed by atoms with van der Waals surface area (Å²) in [5.74, 6) is 0. The normalized spacial score (nSPS) is 13.6. The third-order valence-corrected chi connectivity index (χ3v) is 10.5. The fraction of sp³-hybridized carbons (Fsp3) is 0.385. The predicted octanol–water partition coefficient (Wildman–Crippen LogP) is 4.96. The first-order valence-electron chi connectivity index (χ1n) is 10.6. The monoisotopic (exact) mass is 408 g/mol. The number of aliphatic hydroxyl groups excluding tert-OH is 1. The molecule has 2 nitrogen and oxygen atoms in total. The second-order valence-electron chi connectivity index (χ2n) is 8.65. The lowest BCUT2D eigenvalue weighted by Crippen LogP contribution is -2.65. The molecular formula is C26H36O2Si. The molecule has 0 aliphatic heterocycles. The van der Waals surface area contributed by atoms with Gasteiger partial charge in [-0.3, -0.25) is 0 Å². The lowest BCUT2D eigenvalue weighted by molar-refractivity contribution is 0.341. The van der Waals surface area contributed by atoms with Gasteiger partial charge in [0.15, 0.2) is 0 Å². The van der Waals surface area contributed by atoms with E-state index in [1.807, 2.05) is 42.5 Å². The van der Waals surface area contributed by atoms with E-state index < -0.39 is 8.32 Å². The summed E-state index contributed by atoms with van der Waals surface area (Å²) >= 11 is 0. The molecule has 0 amide bonds. The first-order valence-corrected chi connectivity index (χ1v) is 12.5. The Balaban J connectivity index is 2.20. The SMILES string of the molecule is C/C(=C\CO)CC/C=C(\C)CCC(C)(C)[Si](O)(c1ccccc1)c1ccccc1. The number of rotatable bonds is 10. The molecule has 0 fully saturated rings. The van der Waals surface area contributed by atoms with Crippen LogP contribution in [0.1, 0.15) is 53.4 Å². The Labute approximate surface area is 177 Å². The molecule has 3 heteroatoms. The van der Waals surface area contributed by atoms with Crippen molar-refractivity contribution in [2.45, 2.75) is 58.4 Å². The molecule has 0 aromatic heterocycles. The van der Waals surface area contributed by atoms with E-state index in [1.54, 1.807) is 0 Å². The number of allylic oxidation sites excluding steroid dienone is 3. The highest BCUT2D eigenvalue weighted by Gasteiger charge is 2.49. The van der Waals surface area contributed by atoms with E-state index in [-0.39, 0.29) is 11.6 Å². The van der Waals surface area contributed by atoms with E-state index in [2.05, 4.69) is 58.0 Å². The van der Waals surface area contributed by atoms with E-state index in [0.717, 1.165) is 36.1 Å². The minimum atomic E-state index is -2.92.